The summed E-state index contributed by atoms with van der Waals surface area (Å²) in [5.74, 6) is 0.00556. The number of anilines is 1. The maximum absolute atomic E-state index is 13.2. The van der Waals surface area contributed by atoms with Gasteiger partial charge in [0, 0.05) is 12.1 Å². The van der Waals surface area contributed by atoms with Gasteiger partial charge in [-0.15, -0.1) is 0 Å². The largest absolute Gasteiger partial charge is 0.418 e. The van der Waals surface area contributed by atoms with Gasteiger partial charge in [-0.3, -0.25) is 0 Å². The predicted molar refractivity (Wildman–Crippen MR) is 98.8 cm³/mol. The second kappa shape index (κ2) is 7.77. The van der Waals surface area contributed by atoms with Gasteiger partial charge < -0.3 is 14.7 Å². The van der Waals surface area contributed by atoms with Crippen molar-refractivity contribution in [2.75, 3.05) is 11.9 Å². The van der Waals surface area contributed by atoms with Crippen molar-refractivity contribution in [1.82, 2.24) is 15.0 Å². The lowest BCUT2D eigenvalue weighted by Gasteiger charge is -2.23. The van der Waals surface area contributed by atoms with Crippen LogP contribution >= 0.6 is 0 Å². The predicted octanol–water partition coefficient (Wildman–Crippen LogP) is 5.26. The molecule has 0 radical (unpaired) electrons. The molecule has 4 rings (SSSR count). The first-order valence-corrected chi connectivity index (χ1v) is 9.16. The summed E-state index contributed by atoms with van der Waals surface area (Å²) in [7, 11) is 0. The normalized spacial score (nSPS) is 16.7. The summed E-state index contributed by atoms with van der Waals surface area (Å²) in [6.45, 7) is 0.332. The van der Waals surface area contributed by atoms with E-state index in [-0.39, 0.29) is 17.4 Å². The van der Waals surface area contributed by atoms with Crippen molar-refractivity contribution in [1.29, 1.82) is 0 Å². The van der Waals surface area contributed by atoms with E-state index in [9.17, 15) is 22.4 Å². The fraction of sp³-hybridized carbons (Fsp3) is 0.250. The van der Waals surface area contributed by atoms with E-state index in [1.54, 1.807) is 0 Å². The zero-order valence-electron chi connectivity index (χ0n) is 15.5. The van der Waals surface area contributed by atoms with Crippen LogP contribution in [0, 0.1) is 5.82 Å². The summed E-state index contributed by atoms with van der Waals surface area (Å²) in [5.41, 5.74) is -0.705. The second-order valence-corrected chi connectivity index (χ2v) is 6.79. The molecule has 156 valence electrons. The Hall–Kier alpha value is -3.43. The molecule has 1 fully saturated rings. The van der Waals surface area contributed by atoms with Gasteiger partial charge >= 0.3 is 12.2 Å². The van der Waals surface area contributed by atoms with Crippen molar-refractivity contribution in [3.05, 3.63) is 65.8 Å². The van der Waals surface area contributed by atoms with Crippen LogP contribution in [0.3, 0.4) is 0 Å². The third kappa shape index (κ3) is 3.98. The van der Waals surface area contributed by atoms with E-state index >= 15 is 0 Å². The molecule has 1 N–H and O–H groups in total. The topological polar surface area (TPSA) is 71.3 Å². The fourth-order valence-corrected chi connectivity index (χ4v) is 3.38. The van der Waals surface area contributed by atoms with Crippen LogP contribution in [0.1, 0.15) is 30.3 Å². The lowest BCUT2D eigenvalue weighted by atomic mass is 10.1. The van der Waals surface area contributed by atoms with Crippen LogP contribution in [0.15, 0.2) is 53.1 Å². The molecule has 1 saturated heterocycles. The highest BCUT2D eigenvalue weighted by molar-refractivity contribution is 5.90. The number of aromatic nitrogens is 2. The molecule has 3 aromatic rings. The van der Waals surface area contributed by atoms with E-state index in [4.69, 9.17) is 4.52 Å². The highest BCUT2D eigenvalue weighted by Crippen LogP contribution is 2.36. The van der Waals surface area contributed by atoms with Crippen LogP contribution in [0.4, 0.5) is 28.0 Å². The molecule has 1 aliphatic rings. The first-order chi connectivity index (χ1) is 14.3. The minimum atomic E-state index is -4.59. The van der Waals surface area contributed by atoms with E-state index in [0.717, 1.165) is 6.07 Å². The van der Waals surface area contributed by atoms with E-state index in [1.165, 1.54) is 47.4 Å². The zero-order chi connectivity index (χ0) is 21.3. The van der Waals surface area contributed by atoms with Gasteiger partial charge in [-0.05, 0) is 49.2 Å². The third-order valence-corrected chi connectivity index (χ3v) is 4.82. The minimum Gasteiger partial charge on any atom is -0.337 e. The van der Waals surface area contributed by atoms with Crippen LogP contribution in [-0.2, 0) is 6.18 Å². The van der Waals surface area contributed by atoms with E-state index in [1.807, 2.05) is 0 Å². The zero-order valence-corrected chi connectivity index (χ0v) is 15.5. The molecule has 2 aromatic carbocycles. The molecule has 0 aliphatic carbocycles. The van der Waals surface area contributed by atoms with E-state index in [2.05, 4.69) is 15.5 Å². The Labute approximate surface area is 168 Å². The number of hydrogen-bond donors (Lipinski definition) is 1. The Bertz CT molecular complexity index is 1050. The number of alkyl halides is 3. The van der Waals surface area contributed by atoms with Gasteiger partial charge in [0.25, 0.3) is 0 Å². The Morgan fingerprint density at radius 3 is 2.60 bits per heavy atom. The number of rotatable bonds is 3. The fourth-order valence-electron chi connectivity index (χ4n) is 3.38. The lowest BCUT2D eigenvalue weighted by molar-refractivity contribution is -0.136. The van der Waals surface area contributed by atoms with Crippen LogP contribution in [0.5, 0.6) is 0 Å². The molecule has 2 amide bonds. The summed E-state index contributed by atoms with van der Waals surface area (Å²) >= 11 is 0. The number of nitrogens with zero attached hydrogens (tertiary/aromatic N) is 3. The average Bonchev–Trinajstić information content (AvgIpc) is 3.37. The molecule has 1 unspecified atom stereocenters. The van der Waals surface area contributed by atoms with E-state index in [0.29, 0.717) is 24.9 Å². The quantitative estimate of drug-likeness (QED) is 0.587. The van der Waals surface area contributed by atoms with Gasteiger partial charge in [0.05, 0.1) is 11.3 Å². The number of benzene rings is 2. The lowest BCUT2D eigenvalue weighted by Crippen LogP contribution is -2.35. The number of carbonyl (C=O) groups is 1. The highest BCUT2D eigenvalue weighted by atomic mass is 19.4. The molecule has 1 atom stereocenters. The molecule has 0 spiro atoms. The molecule has 2 heterocycles. The molecule has 1 aromatic heterocycles. The molecular weight excluding hydrogens is 404 g/mol. The number of amides is 2. The SMILES string of the molecule is O=C(Nc1ccccc1C(F)(F)F)N1CCCC1c1nc(-c2ccc(F)cc2)no1. The molecule has 10 heteroatoms. The van der Waals surface area contributed by atoms with Crippen molar-refractivity contribution in [2.24, 2.45) is 0 Å². The number of likely N-dealkylation sites (tertiary alicyclic amines) is 1. The van der Waals surface area contributed by atoms with Crippen molar-refractivity contribution in [3.63, 3.8) is 0 Å². The van der Waals surface area contributed by atoms with Crippen molar-refractivity contribution >= 4 is 11.7 Å². The van der Waals surface area contributed by atoms with Gasteiger partial charge in [-0.1, -0.05) is 17.3 Å². The number of para-hydroxylation sites is 1. The molecule has 30 heavy (non-hydrogen) atoms. The van der Waals surface area contributed by atoms with Gasteiger partial charge in [-0.25, -0.2) is 9.18 Å². The summed E-state index contributed by atoms with van der Waals surface area (Å²) < 4.78 is 57.9. The Kier molecular flexibility index (Phi) is 5.15. The number of halogens is 4. The Balaban J connectivity index is 1.53. The number of carbonyl (C=O) groups excluding carboxylic acids is 1. The Morgan fingerprint density at radius 2 is 1.87 bits per heavy atom. The number of urea groups is 1. The smallest absolute Gasteiger partial charge is 0.337 e. The molecule has 1 aliphatic heterocycles. The maximum atomic E-state index is 13.2. The summed E-state index contributed by atoms with van der Waals surface area (Å²) in [6.07, 6.45) is -3.43. The van der Waals surface area contributed by atoms with Crippen LogP contribution < -0.4 is 5.32 Å². The molecule has 0 saturated carbocycles. The maximum Gasteiger partial charge on any atom is 0.418 e. The van der Waals surface area contributed by atoms with Gasteiger partial charge in [0.1, 0.15) is 11.9 Å². The van der Waals surface area contributed by atoms with Crippen LogP contribution in [0.25, 0.3) is 11.4 Å². The highest BCUT2D eigenvalue weighted by Gasteiger charge is 2.37. The molecule has 0 bridgehead atoms. The number of nitrogens with one attached hydrogen (secondary N) is 1. The monoisotopic (exact) mass is 420 g/mol. The van der Waals surface area contributed by atoms with Gasteiger partial charge in [0.2, 0.25) is 11.7 Å². The number of hydrogen-bond acceptors (Lipinski definition) is 4. The molecular formula is C20H16F4N4O2. The summed E-state index contributed by atoms with van der Waals surface area (Å²) in [5, 5.41) is 6.21. The van der Waals surface area contributed by atoms with Crippen molar-refractivity contribution < 1.29 is 26.9 Å². The standard InChI is InChI=1S/C20H16F4N4O2/c21-13-9-7-12(8-10-13)17-26-18(30-27-17)16-6-3-11-28(16)19(29)25-15-5-2-1-4-14(15)20(22,23)24/h1-2,4-5,7-10,16H,3,6,11H2,(H,25,29). The first kappa shape index (κ1) is 19.9. The van der Waals surface area contributed by atoms with Crippen LogP contribution in [0.2, 0.25) is 0 Å². The Morgan fingerprint density at radius 1 is 1.13 bits per heavy atom. The van der Waals surface area contributed by atoms with Crippen molar-refractivity contribution in [2.45, 2.75) is 25.1 Å². The second-order valence-electron chi connectivity index (χ2n) is 6.79. The van der Waals surface area contributed by atoms with Crippen LogP contribution in [-0.4, -0.2) is 27.6 Å². The van der Waals surface area contributed by atoms with Gasteiger partial charge in [0.15, 0.2) is 0 Å². The summed E-state index contributed by atoms with van der Waals surface area (Å²) in [6, 6.07) is 9.05. The van der Waals surface area contributed by atoms with E-state index < -0.39 is 29.6 Å². The minimum absolute atomic E-state index is 0.172. The molecule has 6 nitrogen and oxygen atoms in total. The van der Waals surface area contributed by atoms with Crippen molar-refractivity contribution in [3.8, 4) is 11.4 Å². The first-order valence-electron chi connectivity index (χ1n) is 9.16. The van der Waals surface area contributed by atoms with Gasteiger partial charge in [-0.2, -0.15) is 18.2 Å². The average molecular weight is 420 g/mol. The summed E-state index contributed by atoms with van der Waals surface area (Å²) in [4.78, 5) is 18.4. The third-order valence-electron chi connectivity index (χ3n) is 4.82.